The van der Waals surface area contributed by atoms with Crippen LogP contribution in [0.15, 0.2) is 54.9 Å². The van der Waals surface area contributed by atoms with Crippen LogP contribution in [-0.2, 0) is 6.54 Å². The van der Waals surface area contributed by atoms with Gasteiger partial charge in [0.1, 0.15) is 0 Å². The van der Waals surface area contributed by atoms with Gasteiger partial charge < -0.3 is 9.88 Å². The second-order valence-corrected chi connectivity index (χ2v) is 5.94. The Bertz CT molecular complexity index is 866. The van der Waals surface area contributed by atoms with Crippen molar-refractivity contribution in [3.05, 3.63) is 82.9 Å². The summed E-state index contributed by atoms with van der Waals surface area (Å²) in [6.07, 6.45) is 3.46. The Morgan fingerprint density at radius 2 is 1.79 bits per heavy atom. The van der Waals surface area contributed by atoms with Gasteiger partial charge in [-0.2, -0.15) is 0 Å². The van der Waals surface area contributed by atoms with Crippen molar-refractivity contribution < 1.29 is 4.79 Å². The molecule has 0 saturated heterocycles. The van der Waals surface area contributed by atoms with E-state index in [1.807, 2.05) is 44.2 Å². The maximum atomic E-state index is 12.6. The number of amides is 1. The molecule has 2 aromatic heterocycles. The van der Waals surface area contributed by atoms with Crippen molar-refractivity contribution >= 4 is 5.91 Å². The second kappa shape index (κ2) is 6.71. The van der Waals surface area contributed by atoms with Gasteiger partial charge in [-0.1, -0.05) is 18.2 Å². The molecular weight excluding hydrogens is 298 g/mol. The summed E-state index contributed by atoms with van der Waals surface area (Å²) in [6.45, 7) is 6.59. The number of aromatic nitrogens is 2. The molecule has 122 valence electrons. The minimum atomic E-state index is -0.0558. The first-order chi connectivity index (χ1) is 11.6. The smallest absolute Gasteiger partial charge is 0.253 e. The fraction of sp³-hybridized carbons (Fsp3) is 0.200. The van der Waals surface area contributed by atoms with Crippen LogP contribution in [0.2, 0.25) is 0 Å². The summed E-state index contributed by atoms with van der Waals surface area (Å²) in [7, 11) is 0. The van der Waals surface area contributed by atoms with E-state index < -0.39 is 0 Å². The Labute approximate surface area is 142 Å². The van der Waals surface area contributed by atoms with Crippen LogP contribution in [-0.4, -0.2) is 15.5 Å². The average molecular weight is 319 g/mol. The first-order valence-electron chi connectivity index (χ1n) is 8.00. The molecule has 0 unspecified atom stereocenters. The van der Waals surface area contributed by atoms with Crippen molar-refractivity contribution in [2.24, 2.45) is 0 Å². The van der Waals surface area contributed by atoms with Crippen molar-refractivity contribution in [1.82, 2.24) is 14.9 Å². The molecule has 0 fully saturated rings. The zero-order valence-electron chi connectivity index (χ0n) is 14.2. The van der Waals surface area contributed by atoms with E-state index in [1.165, 1.54) is 5.56 Å². The number of nitrogens with one attached hydrogen (secondary N) is 1. The number of carbonyl (C=O) groups excluding carboxylic acids is 1. The van der Waals surface area contributed by atoms with Crippen LogP contribution in [0, 0.1) is 20.8 Å². The van der Waals surface area contributed by atoms with Gasteiger partial charge in [-0.05, 0) is 56.2 Å². The molecule has 0 saturated carbocycles. The molecule has 3 aromatic rings. The van der Waals surface area contributed by atoms with Gasteiger partial charge in [0.25, 0.3) is 5.91 Å². The molecule has 0 radical (unpaired) electrons. The topological polar surface area (TPSA) is 46.9 Å². The summed E-state index contributed by atoms with van der Waals surface area (Å²) in [5, 5.41) is 2.98. The molecule has 4 heteroatoms. The Morgan fingerprint density at radius 3 is 2.50 bits per heavy atom. The number of nitrogens with zero attached hydrogens (tertiary/aromatic N) is 2. The summed E-state index contributed by atoms with van der Waals surface area (Å²) in [5.74, 6) is -0.0558. The fourth-order valence-corrected chi connectivity index (χ4v) is 2.96. The Morgan fingerprint density at radius 1 is 1.08 bits per heavy atom. The van der Waals surface area contributed by atoms with Crippen LogP contribution >= 0.6 is 0 Å². The number of rotatable bonds is 4. The van der Waals surface area contributed by atoms with Gasteiger partial charge in [0.2, 0.25) is 0 Å². The van der Waals surface area contributed by atoms with E-state index in [0.29, 0.717) is 12.1 Å². The number of carbonyl (C=O) groups is 1. The second-order valence-electron chi connectivity index (χ2n) is 5.94. The van der Waals surface area contributed by atoms with Crippen LogP contribution in [0.1, 0.15) is 32.9 Å². The number of hydrogen-bond acceptors (Lipinski definition) is 2. The van der Waals surface area contributed by atoms with Crippen molar-refractivity contribution in [3.63, 3.8) is 0 Å². The van der Waals surface area contributed by atoms with Crippen molar-refractivity contribution in [1.29, 1.82) is 0 Å². The van der Waals surface area contributed by atoms with Gasteiger partial charge in [0.05, 0.1) is 5.56 Å². The van der Waals surface area contributed by atoms with E-state index in [0.717, 1.165) is 22.6 Å². The van der Waals surface area contributed by atoms with E-state index in [2.05, 4.69) is 33.9 Å². The molecule has 1 amide bonds. The lowest BCUT2D eigenvalue weighted by Crippen LogP contribution is -2.23. The zero-order chi connectivity index (χ0) is 17.1. The summed E-state index contributed by atoms with van der Waals surface area (Å²) in [6, 6.07) is 13.9. The third-order valence-corrected chi connectivity index (χ3v) is 4.23. The third-order valence-electron chi connectivity index (χ3n) is 4.23. The van der Waals surface area contributed by atoms with Crippen LogP contribution in [0.5, 0.6) is 0 Å². The molecule has 2 heterocycles. The largest absolute Gasteiger partial charge is 0.348 e. The highest BCUT2D eigenvalue weighted by atomic mass is 16.1. The molecule has 0 bridgehead atoms. The first kappa shape index (κ1) is 16.0. The zero-order valence-corrected chi connectivity index (χ0v) is 14.2. The van der Waals surface area contributed by atoms with Gasteiger partial charge in [0, 0.05) is 36.0 Å². The molecule has 0 atom stereocenters. The summed E-state index contributed by atoms with van der Waals surface area (Å²) < 4.78 is 2.14. The molecule has 24 heavy (non-hydrogen) atoms. The molecule has 4 nitrogen and oxygen atoms in total. The number of benzene rings is 1. The predicted octanol–water partition coefficient (Wildman–Crippen LogP) is 3.73. The molecule has 1 aromatic carbocycles. The summed E-state index contributed by atoms with van der Waals surface area (Å²) >= 11 is 0. The van der Waals surface area contributed by atoms with Gasteiger partial charge in [-0.15, -0.1) is 0 Å². The molecule has 3 rings (SSSR count). The highest BCUT2D eigenvalue weighted by molar-refractivity contribution is 5.95. The maximum Gasteiger partial charge on any atom is 0.253 e. The van der Waals surface area contributed by atoms with E-state index in [4.69, 9.17) is 0 Å². The molecule has 0 aliphatic rings. The molecular formula is C20H21N3O. The summed E-state index contributed by atoms with van der Waals surface area (Å²) in [4.78, 5) is 16.6. The summed E-state index contributed by atoms with van der Waals surface area (Å²) in [5.41, 5.74) is 6.05. The number of aryl methyl sites for hydroxylation is 2. The molecule has 0 spiro atoms. The van der Waals surface area contributed by atoms with Crippen LogP contribution in [0.4, 0.5) is 0 Å². The van der Waals surface area contributed by atoms with Crippen LogP contribution in [0.3, 0.4) is 0 Å². The lowest BCUT2D eigenvalue weighted by atomic mass is 10.2. The number of para-hydroxylation sites is 1. The molecule has 0 aliphatic heterocycles. The SMILES string of the molecule is Cc1ccccc1-n1c(C)cc(C(=O)NCc2ccncc2)c1C. The van der Waals surface area contributed by atoms with Crippen molar-refractivity contribution in [3.8, 4) is 5.69 Å². The van der Waals surface area contributed by atoms with Gasteiger partial charge in [0.15, 0.2) is 0 Å². The number of hydrogen-bond donors (Lipinski definition) is 1. The predicted molar refractivity (Wildman–Crippen MR) is 95.4 cm³/mol. The Kier molecular flexibility index (Phi) is 4.47. The van der Waals surface area contributed by atoms with E-state index >= 15 is 0 Å². The van der Waals surface area contributed by atoms with Crippen molar-refractivity contribution in [2.75, 3.05) is 0 Å². The van der Waals surface area contributed by atoms with E-state index in [9.17, 15) is 4.79 Å². The maximum absolute atomic E-state index is 12.6. The standard InChI is InChI=1S/C20H21N3O/c1-14-6-4-5-7-19(14)23-15(2)12-18(16(23)3)20(24)22-13-17-8-10-21-11-9-17/h4-12H,13H2,1-3H3,(H,22,24). The minimum Gasteiger partial charge on any atom is -0.348 e. The average Bonchev–Trinajstić information content (AvgIpc) is 2.89. The van der Waals surface area contributed by atoms with Crippen LogP contribution < -0.4 is 5.32 Å². The Balaban J connectivity index is 1.86. The van der Waals surface area contributed by atoms with Crippen LogP contribution in [0.25, 0.3) is 5.69 Å². The molecule has 1 N–H and O–H groups in total. The van der Waals surface area contributed by atoms with E-state index in [-0.39, 0.29) is 5.91 Å². The van der Waals surface area contributed by atoms with Gasteiger partial charge in [-0.25, -0.2) is 0 Å². The normalized spacial score (nSPS) is 10.6. The lowest BCUT2D eigenvalue weighted by Gasteiger charge is -2.12. The Hall–Kier alpha value is -2.88. The first-order valence-corrected chi connectivity index (χ1v) is 8.00. The van der Waals surface area contributed by atoms with Gasteiger partial charge >= 0.3 is 0 Å². The van der Waals surface area contributed by atoms with E-state index in [1.54, 1.807) is 12.4 Å². The monoisotopic (exact) mass is 319 g/mol. The third kappa shape index (κ3) is 3.08. The quantitative estimate of drug-likeness (QED) is 0.796. The van der Waals surface area contributed by atoms with Gasteiger partial charge in [-0.3, -0.25) is 9.78 Å². The van der Waals surface area contributed by atoms with Crippen molar-refractivity contribution in [2.45, 2.75) is 27.3 Å². The fourth-order valence-electron chi connectivity index (χ4n) is 2.96. The lowest BCUT2D eigenvalue weighted by molar-refractivity contribution is 0.0950. The highest BCUT2D eigenvalue weighted by Gasteiger charge is 2.17. The highest BCUT2D eigenvalue weighted by Crippen LogP contribution is 2.23. The molecule has 0 aliphatic carbocycles. The number of pyridine rings is 1. The minimum absolute atomic E-state index is 0.0558.